The minimum atomic E-state index is -0.128. The lowest BCUT2D eigenvalue weighted by Gasteiger charge is -1.96. The number of nitrogens with one attached hydrogen (secondary N) is 1. The molecule has 0 radical (unpaired) electrons. The van der Waals surface area contributed by atoms with E-state index in [0.717, 1.165) is 5.56 Å². The average Bonchev–Trinajstić information content (AvgIpc) is 2.54. The lowest BCUT2D eigenvalue weighted by atomic mass is 10.1. The summed E-state index contributed by atoms with van der Waals surface area (Å²) in [7, 11) is 0. The number of aliphatic hydroxyl groups excluding tert-OH is 1. The number of rotatable bonds is 2. The van der Waals surface area contributed by atoms with E-state index in [1.54, 1.807) is 6.07 Å². The lowest BCUT2D eigenvalue weighted by molar-refractivity contribution is 0.0983. The molecule has 4 nitrogen and oxygen atoms in total. The molecular formula is C10H10N2O2. The molecule has 2 N–H and O–H groups in total. The molecule has 4 heteroatoms. The number of hydrogen-bond donors (Lipinski definition) is 2. The highest BCUT2D eigenvalue weighted by Gasteiger charge is 2.23. The van der Waals surface area contributed by atoms with Crippen molar-refractivity contribution in [2.45, 2.75) is 0 Å². The second-order valence-electron chi connectivity index (χ2n) is 2.95. The molecular weight excluding hydrogens is 180 g/mol. The quantitative estimate of drug-likeness (QED) is 0.698. The highest BCUT2D eigenvalue weighted by Crippen LogP contribution is 2.14. The SMILES string of the molecule is O=C1NC(=NCCO)c2ccccc21. The van der Waals surface area contributed by atoms with Crippen LogP contribution in [0.3, 0.4) is 0 Å². The molecule has 0 unspecified atom stereocenters. The molecule has 2 rings (SSSR count). The Kier molecular flexibility index (Phi) is 2.28. The van der Waals surface area contributed by atoms with E-state index in [-0.39, 0.29) is 12.5 Å². The Balaban J connectivity index is 2.39. The molecule has 0 fully saturated rings. The Morgan fingerprint density at radius 2 is 2.00 bits per heavy atom. The Labute approximate surface area is 81.3 Å². The molecule has 1 aliphatic heterocycles. The van der Waals surface area contributed by atoms with Crippen molar-refractivity contribution in [2.24, 2.45) is 4.99 Å². The van der Waals surface area contributed by atoms with Crippen LogP contribution in [0.25, 0.3) is 0 Å². The molecule has 0 bridgehead atoms. The van der Waals surface area contributed by atoms with Crippen molar-refractivity contribution < 1.29 is 9.90 Å². The van der Waals surface area contributed by atoms with E-state index >= 15 is 0 Å². The molecule has 1 amide bonds. The van der Waals surface area contributed by atoms with Crippen LogP contribution in [0, 0.1) is 0 Å². The fourth-order valence-electron chi connectivity index (χ4n) is 1.42. The van der Waals surface area contributed by atoms with E-state index in [4.69, 9.17) is 5.11 Å². The van der Waals surface area contributed by atoms with Gasteiger partial charge in [0.15, 0.2) is 0 Å². The zero-order chi connectivity index (χ0) is 9.97. The van der Waals surface area contributed by atoms with Crippen LogP contribution in [0.2, 0.25) is 0 Å². The van der Waals surface area contributed by atoms with Crippen LogP contribution in [-0.2, 0) is 0 Å². The van der Waals surface area contributed by atoms with Gasteiger partial charge in [0.2, 0.25) is 0 Å². The van der Waals surface area contributed by atoms with Crippen LogP contribution in [0.4, 0.5) is 0 Å². The first-order valence-corrected chi connectivity index (χ1v) is 4.39. The van der Waals surface area contributed by atoms with Crippen LogP contribution in [0.1, 0.15) is 15.9 Å². The van der Waals surface area contributed by atoms with Gasteiger partial charge in [0.1, 0.15) is 5.84 Å². The largest absolute Gasteiger partial charge is 0.394 e. The van der Waals surface area contributed by atoms with Crippen molar-refractivity contribution in [3.63, 3.8) is 0 Å². The summed E-state index contributed by atoms with van der Waals surface area (Å²) in [5.74, 6) is 0.428. The van der Waals surface area contributed by atoms with E-state index in [1.165, 1.54) is 0 Å². The second-order valence-corrected chi connectivity index (χ2v) is 2.95. The summed E-state index contributed by atoms with van der Waals surface area (Å²) in [5.41, 5.74) is 1.45. The number of aliphatic imine (C=N–C) groups is 1. The second kappa shape index (κ2) is 3.59. The number of amides is 1. The monoisotopic (exact) mass is 190 g/mol. The summed E-state index contributed by atoms with van der Waals surface area (Å²) in [5, 5.41) is 11.3. The molecule has 0 aliphatic carbocycles. The van der Waals surface area contributed by atoms with Gasteiger partial charge in [0.25, 0.3) is 5.91 Å². The van der Waals surface area contributed by atoms with E-state index in [0.29, 0.717) is 17.9 Å². The van der Waals surface area contributed by atoms with Crippen LogP contribution in [0.15, 0.2) is 29.3 Å². The molecule has 0 saturated heterocycles. The zero-order valence-electron chi connectivity index (χ0n) is 7.53. The van der Waals surface area contributed by atoms with E-state index in [1.807, 2.05) is 18.2 Å². The van der Waals surface area contributed by atoms with Crippen molar-refractivity contribution in [3.05, 3.63) is 35.4 Å². The molecule has 1 heterocycles. The van der Waals surface area contributed by atoms with E-state index in [9.17, 15) is 4.79 Å². The molecule has 0 aromatic heterocycles. The maximum Gasteiger partial charge on any atom is 0.257 e. The Hall–Kier alpha value is -1.68. The van der Waals surface area contributed by atoms with Gasteiger partial charge in [-0.25, -0.2) is 0 Å². The summed E-state index contributed by atoms with van der Waals surface area (Å²) in [6, 6.07) is 7.26. The van der Waals surface area contributed by atoms with Crippen LogP contribution < -0.4 is 5.32 Å². The summed E-state index contributed by atoms with van der Waals surface area (Å²) < 4.78 is 0. The van der Waals surface area contributed by atoms with Gasteiger partial charge in [-0.15, -0.1) is 0 Å². The van der Waals surface area contributed by atoms with E-state index < -0.39 is 0 Å². The molecule has 0 saturated carbocycles. The highest BCUT2D eigenvalue weighted by molar-refractivity contribution is 6.23. The maximum absolute atomic E-state index is 11.4. The number of hydrogen-bond acceptors (Lipinski definition) is 3. The number of carbonyl (C=O) groups is 1. The smallest absolute Gasteiger partial charge is 0.257 e. The lowest BCUT2D eigenvalue weighted by Crippen LogP contribution is -2.22. The summed E-state index contributed by atoms with van der Waals surface area (Å²) in [4.78, 5) is 15.5. The van der Waals surface area contributed by atoms with Crippen molar-refractivity contribution in [1.29, 1.82) is 0 Å². The van der Waals surface area contributed by atoms with Crippen molar-refractivity contribution in [2.75, 3.05) is 13.2 Å². The van der Waals surface area contributed by atoms with Gasteiger partial charge in [-0.3, -0.25) is 9.79 Å². The van der Waals surface area contributed by atoms with Gasteiger partial charge >= 0.3 is 0 Å². The topological polar surface area (TPSA) is 61.7 Å². The van der Waals surface area contributed by atoms with Gasteiger partial charge < -0.3 is 10.4 Å². The normalized spacial score (nSPS) is 16.9. The Bertz CT molecular complexity index is 399. The van der Waals surface area contributed by atoms with E-state index in [2.05, 4.69) is 10.3 Å². The third-order valence-corrected chi connectivity index (χ3v) is 2.03. The summed E-state index contributed by atoms with van der Waals surface area (Å²) in [6.07, 6.45) is 0. The van der Waals surface area contributed by atoms with Gasteiger partial charge in [0, 0.05) is 5.56 Å². The summed E-state index contributed by atoms with van der Waals surface area (Å²) >= 11 is 0. The standard InChI is InChI=1S/C10H10N2O2/c13-6-5-11-9-7-3-1-2-4-8(7)10(14)12-9/h1-4,13H,5-6H2,(H,11,12,14). The van der Waals surface area contributed by atoms with Gasteiger partial charge in [0.05, 0.1) is 18.7 Å². The number of fused-ring (bicyclic) bond motifs is 1. The molecule has 1 aromatic carbocycles. The third kappa shape index (κ3) is 1.40. The van der Waals surface area contributed by atoms with Crippen LogP contribution in [0.5, 0.6) is 0 Å². The molecule has 72 valence electrons. The Morgan fingerprint density at radius 3 is 2.71 bits per heavy atom. The average molecular weight is 190 g/mol. The number of nitrogens with zero attached hydrogens (tertiary/aromatic N) is 1. The first kappa shape index (κ1) is 8.90. The van der Waals surface area contributed by atoms with Gasteiger partial charge in [-0.05, 0) is 6.07 Å². The number of carbonyl (C=O) groups excluding carboxylic acids is 1. The summed E-state index contributed by atoms with van der Waals surface area (Å²) in [6.45, 7) is 0.297. The third-order valence-electron chi connectivity index (χ3n) is 2.03. The number of benzene rings is 1. The van der Waals surface area contributed by atoms with Crippen molar-refractivity contribution in [3.8, 4) is 0 Å². The fourth-order valence-corrected chi connectivity index (χ4v) is 1.42. The molecule has 1 aliphatic rings. The van der Waals surface area contributed by atoms with Crippen molar-refractivity contribution >= 4 is 11.7 Å². The molecule has 0 atom stereocenters. The van der Waals surface area contributed by atoms with Gasteiger partial charge in [-0.2, -0.15) is 0 Å². The minimum absolute atomic E-state index is 0.0124. The van der Waals surface area contributed by atoms with Crippen LogP contribution >= 0.6 is 0 Å². The number of aliphatic hydroxyl groups is 1. The Morgan fingerprint density at radius 1 is 1.29 bits per heavy atom. The molecule has 0 spiro atoms. The molecule has 14 heavy (non-hydrogen) atoms. The van der Waals surface area contributed by atoms with Crippen LogP contribution in [-0.4, -0.2) is 30.0 Å². The van der Waals surface area contributed by atoms with Crippen molar-refractivity contribution in [1.82, 2.24) is 5.32 Å². The molecule has 1 aromatic rings. The first-order valence-electron chi connectivity index (χ1n) is 4.39. The zero-order valence-corrected chi connectivity index (χ0v) is 7.53. The minimum Gasteiger partial charge on any atom is -0.394 e. The van der Waals surface area contributed by atoms with Gasteiger partial charge in [-0.1, -0.05) is 18.2 Å². The predicted molar refractivity (Wildman–Crippen MR) is 52.4 cm³/mol. The fraction of sp³-hybridized carbons (Fsp3) is 0.200. The predicted octanol–water partition coefficient (Wildman–Crippen LogP) is 0.169. The number of amidine groups is 1. The highest BCUT2D eigenvalue weighted by atomic mass is 16.3. The maximum atomic E-state index is 11.4. The first-order chi connectivity index (χ1) is 6.83.